The second-order valence-electron chi connectivity index (χ2n) is 5.00. The van der Waals surface area contributed by atoms with Crippen LogP contribution in [0.15, 0.2) is 0 Å². The summed E-state index contributed by atoms with van der Waals surface area (Å²) in [7, 11) is 0. The molecular weight excluding hydrogens is 160 g/mol. The van der Waals surface area contributed by atoms with E-state index in [4.69, 9.17) is 5.73 Å². The van der Waals surface area contributed by atoms with Crippen LogP contribution in [0.3, 0.4) is 0 Å². The van der Waals surface area contributed by atoms with Gasteiger partial charge in [0.15, 0.2) is 0 Å². The third-order valence-electron chi connectivity index (χ3n) is 3.65. The van der Waals surface area contributed by atoms with Crippen molar-refractivity contribution in [2.24, 2.45) is 11.1 Å². The quantitative estimate of drug-likeness (QED) is 0.706. The predicted molar refractivity (Wildman–Crippen MR) is 57.7 cm³/mol. The summed E-state index contributed by atoms with van der Waals surface area (Å²) in [6.07, 6.45) is 2.42. The van der Waals surface area contributed by atoms with Gasteiger partial charge in [-0.25, -0.2) is 0 Å². The number of hydrogen-bond donors (Lipinski definition) is 1. The molecule has 78 valence electrons. The van der Waals surface area contributed by atoms with Gasteiger partial charge in [-0.05, 0) is 31.3 Å². The minimum absolute atomic E-state index is 0.135. The molecule has 0 unspecified atom stereocenters. The summed E-state index contributed by atoms with van der Waals surface area (Å²) >= 11 is 0. The molecule has 0 bridgehead atoms. The normalized spacial score (nSPS) is 20.8. The summed E-state index contributed by atoms with van der Waals surface area (Å²) in [5.74, 6) is 0. The lowest BCUT2D eigenvalue weighted by Gasteiger charge is -2.36. The van der Waals surface area contributed by atoms with E-state index < -0.39 is 0 Å². The van der Waals surface area contributed by atoms with E-state index in [1.54, 1.807) is 0 Å². The van der Waals surface area contributed by atoms with Crippen molar-refractivity contribution in [2.75, 3.05) is 19.6 Å². The van der Waals surface area contributed by atoms with Crippen molar-refractivity contribution in [3.63, 3.8) is 0 Å². The first kappa shape index (κ1) is 11.0. The van der Waals surface area contributed by atoms with E-state index in [2.05, 4.69) is 32.6 Å². The number of hydrogen-bond acceptors (Lipinski definition) is 2. The molecular formula is C11H24N2. The SMILES string of the molecule is CCN(CC)CC(C)(C)C1(N)CC1. The third kappa shape index (κ3) is 2.23. The Morgan fingerprint density at radius 2 is 1.69 bits per heavy atom. The van der Waals surface area contributed by atoms with E-state index in [1.807, 2.05) is 0 Å². The van der Waals surface area contributed by atoms with Crippen molar-refractivity contribution in [1.29, 1.82) is 0 Å². The van der Waals surface area contributed by atoms with Crippen LogP contribution in [0.25, 0.3) is 0 Å². The lowest BCUT2D eigenvalue weighted by atomic mass is 9.82. The predicted octanol–water partition coefficient (Wildman–Crippen LogP) is 1.85. The fourth-order valence-electron chi connectivity index (χ4n) is 1.98. The maximum Gasteiger partial charge on any atom is 0.0219 e. The van der Waals surface area contributed by atoms with Gasteiger partial charge in [0.25, 0.3) is 0 Å². The molecule has 0 aromatic rings. The van der Waals surface area contributed by atoms with Crippen LogP contribution in [0.1, 0.15) is 40.5 Å². The second kappa shape index (κ2) is 3.58. The van der Waals surface area contributed by atoms with Crippen LogP contribution >= 0.6 is 0 Å². The molecule has 0 spiro atoms. The molecule has 0 amide bonds. The van der Waals surface area contributed by atoms with E-state index in [0.29, 0.717) is 0 Å². The van der Waals surface area contributed by atoms with Crippen molar-refractivity contribution < 1.29 is 0 Å². The Kier molecular flexibility index (Phi) is 3.03. The molecule has 2 nitrogen and oxygen atoms in total. The Morgan fingerprint density at radius 1 is 1.23 bits per heavy atom. The molecule has 0 heterocycles. The summed E-state index contributed by atoms with van der Waals surface area (Å²) < 4.78 is 0. The molecule has 0 aromatic heterocycles. The van der Waals surface area contributed by atoms with Crippen LogP contribution < -0.4 is 5.73 Å². The van der Waals surface area contributed by atoms with Crippen molar-refractivity contribution in [1.82, 2.24) is 4.90 Å². The maximum absolute atomic E-state index is 6.26. The van der Waals surface area contributed by atoms with Crippen molar-refractivity contribution in [3.05, 3.63) is 0 Å². The third-order valence-corrected chi connectivity index (χ3v) is 3.65. The highest BCUT2D eigenvalue weighted by Gasteiger charge is 2.51. The van der Waals surface area contributed by atoms with Gasteiger partial charge in [-0.3, -0.25) is 0 Å². The molecule has 13 heavy (non-hydrogen) atoms. The van der Waals surface area contributed by atoms with Crippen LogP contribution in [0.2, 0.25) is 0 Å². The molecule has 1 aliphatic rings. The fraction of sp³-hybridized carbons (Fsp3) is 1.00. The highest BCUT2D eigenvalue weighted by Crippen LogP contribution is 2.47. The first-order valence-electron chi connectivity index (χ1n) is 5.46. The monoisotopic (exact) mass is 184 g/mol. The second-order valence-corrected chi connectivity index (χ2v) is 5.00. The number of nitrogens with zero attached hydrogens (tertiary/aromatic N) is 1. The van der Waals surface area contributed by atoms with Gasteiger partial charge in [0.05, 0.1) is 0 Å². The molecule has 2 heteroatoms. The minimum atomic E-state index is 0.135. The van der Waals surface area contributed by atoms with Crippen LogP contribution in [-0.4, -0.2) is 30.1 Å². The van der Waals surface area contributed by atoms with Gasteiger partial charge < -0.3 is 10.6 Å². The maximum atomic E-state index is 6.26. The molecule has 2 N–H and O–H groups in total. The number of nitrogens with two attached hydrogens (primary N) is 1. The zero-order valence-electron chi connectivity index (χ0n) is 9.56. The summed E-state index contributed by atoms with van der Waals surface area (Å²) in [6.45, 7) is 12.4. The van der Waals surface area contributed by atoms with E-state index in [9.17, 15) is 0 Å². The molecule has 0 radical (unpaired) electrons. The van der Waals surface area contributed by atoms with Gasteiger partial charge in [-0.2, -0.15) is 0 Å². The van der Waals surface area contributed by atoms with Crippen LogP contribution in [-0.2, 0) is 0 Å². The summed E-state index contributed by atoms with van der Waals surface area (Å²) in [5.41, 5.74) is 6.67. The number of rotatable bonds is 5. The molecule has 0 aromatic carbocycles. The van der Waals surface area contributed by atoms with Crippen LogP contribution in [0.4, 0.5) is 0 Å². The summed E-state index contributed by atoms with van der Waals surface area (Å²) in [4.78, 5) is 2.47. The van der Waals surface area contributed by atoms with Gasteiger partial charge in [0.1, 0.15) is 0 Å². The van der Waals surface area contributed by atoms with E-state index in [0.717, 1.165) is 19.6 Å². The van der Waals surface area contributed by atoms with Gasteiger partial charge >= 0.3 is 0 Å². The molecule has 1 rings (SSSR count). The molecule has 0 aliphatic heterocycles. The van der Waals surface area contributed by atoms with Crippen molar-refractivity contribution in [3.8, 4) is 0 Å². The van der Waals surface area contributed by atoms with E-state index in [1.165, 1.54) is 12.8 Å². The zero-order valence-corrected chi connectivity index (χ0v) is 9.56. The molecule has 1 saturated carbocycles. The largest absolute Gasteiger partial charge is 0.325 e. The smallest absolute Gasteiger partial charge is 0.0219 e. The average molecular weight is 184 g/mol. The van der Waals surface area contributed by atoms with Gasteiger partial charge in [0.2, 0.25) is 0 Å². The lowest BCUT2D eigenvalue weighted by Crippen LogP contribution is -2.47. The Labute approximate surface area is 82.5 Å². The van der Waals surface area contributed by atoms with E-state index >= 15 is 0 Å². The van der Waals surface area contributed by atoms with Crippen molar-refractivity contribution in [2.45, 2.75) is 46.1 Å². The lowest BCUT2D eigenvalue weighted by molar-refractivity contribution is 0.153. The fourth-order valence-corrected chi connectivity index (χ4v) is 1.98. The van der Waals surface area contributed by atoms with Gasteiger partial charge in [-0.1, -0.05) is 27.7 Å². The van der Waals surface area contributed by atoms with Gasteiger partial charge in [-0.15, -0.1) is 0 Å². The Bertz CT molecular complexity index is 167. The standard InChI is InChI=1S/C11H24N2/c1-5-13(6-2)9-10(3,4)11(12)7-8-11/h5-9,12H2,1-4H3. The Morgan fingerprint density at radius 3 is 2.00 bits per heavy atom. The minimum Gasteiger partial charge on any atom is -0.325 e. The van der Waals surface area contributed by atoms with Crippen LogP contribution in [0.5, 0.6) is 0 Å². The topological polar surface area (TPSA) is 29.3 Å². The van der Waals surface area contributed by atoms with Crippen LogP contribution in [0, 0.1) is 5.41 Å². The first-order chi connectivity index (χ1) is 5.95. The average Bonchev–Trinajstić information content (AvgIpc) is 2.81. The molecule has 1 fully saturated rings. The molecule has 1 aliphatic carbocycles. The highest BCUT2D eigenvalue weighted by atomic mass is 15.1. The first-order valence-corrected chi connectivity index (χ1v) is 5.46. The Balaban J connectivity index is 2.50. The molecule has 0 saturated heterocycles. The Hall–Kier alpha value is -0.0800. The van der Waals surface area contributed by atoms with Gasteiger partial charge in [0, 0.05) is 12.1 Å². The summed E-state index contributed by atoms with van der Waals surface area (Å²) in [6, 6.07) is 0. The molecule has 0 atom stereocenters. The summed E-state index contributed by atoms with van der Waals surface area (Å²) in [5, 5.41) is 0. The highest BCUT2D eigenvalue weighted by molar-refractivity contribution is 5.09. The van der Waals surface area contributed by atoms with Crippen molar-refractivity contribution >= 4 is 0 Å². The zero-order chi connectivity index (χ0) is 10.1. The van der Waals surface area contributed by atoms with E-state index in [-0.39, 0.29) is 11.0 Å².